The van der Waals surface area contributed by atoms with Gasteiger partial charge in [-0.2, -0.15) is 0 Å². The highest BCUT2D eigenvalue weighted by molar-refractivity contribution is 6.35. The van der Waals surface area contributed by atoms with Crippen molar-refractivity contribution in [1.29, 1.82) is 0 Å². The fourth-order valence-corrected chi connectivity index (χ4v) is 3.54. The van der Waals surface area contributed by atoms with Gasteiger partial charge in [-0.3, -0.25) is 0 Å². The summed E-state index contributed by atoms with van der Waals surface area (Å²) in [5.41, 5.74) is 4.88. The van der Waals surface area contributed by atoms with Crippen molar-refractivity contribution in [2.45, 2.75) is 13.3 Å². The quantitative estimate of drug-likeness (QED) is 0.569. The number of rotatable bonds is 4. The summed E-state index contributed by atoms with van der Waals surface area (Å²) in [5.74, 6) is -0.428. The van der Waals surface area contributed by atoms with Crippen LogP contribution >= 0.6 is 23.2 Å². The molecule has 0 saturated carbocycles. The van der Waals surface area contributed by atoms with Crippen LogP contribution in [0.5, 0.6) is 0 Å². The van der Waals surface area contributed by atoms with E-state index in [1.165, 1.54) is 7.11 Å². The molecule has 0 fully saturated rings. The summed E-state index contributed by atoms with van der Waals surface area (Å²) in [6.45, 7) is 2.05. The van der Waals surface area contributed by atoms with Crippen molar-refractivity contribution >= 4 is 29.2 Å². The number of methoxy groups -OCH3 is 1. The molecule has 0 atom stereocenters. The molecule has 0 aliphatic rings. The van der Waals surface area contributed by atoms with Gasteiger partial charge in [-0.15, -0.1) is 0 Å². The smallest absolute Gasteiger partial charge is 0.355 e. The van der Waals surface area contributed by atoms with Gasteiger partial charge in [-0.1, -0.05) is 60.5 Å². The van der Waals surface area contributed by atoms with Crippen LogP contribution in [0.3, 0.4) is 0 Å². The molecule has 1 heterocycles. The number of H-pyrrole nitrogens is 1. The molecule has 25 heavy (non-hydrogen) atoms. The summed E-state index contributed by atoms with van der Waals surface area (Å²) in [4.78, 5) is 15.6. The van der Waals surface area contributed by atoms with Crippen LogP contribution in [0.2, 0.25) is 10.0 Å². The molecule has 1 aromatic heterocycles. The van der Waals surface area contributed by atoms with E-state index in [0.29, 0.717) is 15.7 Å². The lowest BCUT2D eigenvalue weighted by molar-refractivity contribution is 0.0596. The van der Waals surface area contributed by atoms with Crippen molar-refractivity contribution in [2.24, 2.45) is 0 Å². The third kappa shape index (κ3) is 3.44. The standard InChI is InChI=1S/C20H17Cl2NO2/c1-3-16-17(13-9-14(21)11-15(22)10-13)19(20(24)25-2)23-18(16)12-7-5-4-6-8-12/h4-11,23H,3H2,1-2H3. The average Bonchev–Trinajstić information content (AvgIpc) is 3.00. The first-order chi connectivity index (χ1) is 12.0. The largest absolute Gasteiger partial charge is 0.464 e. The van der Waals surface area contributed by atoms with Crippen LogP contribution in [0.1, 0.15) is 23.0 Å². The average molecular weight is 374 g/mol. The minimum atomic E-state index is -0.428. The molecule has 5 heteroatoms. The normalized spacial score (nSPS) is 10.7. The molecule has 0 saturated heterocycles. The molecule has 0 spiro atoms. The van der Waals surface area contributed by atoms with E-state index in [1.54, 1.807) is 18.2 Å². The number of hydrogen-bond acceptors (Lipinski definition) is 2. The molecular weight excluding hydrogens is 357 g/mol. The fourth-order valence-electron chi connectivity index (χ4n) is 3.02. The number of hydrogen-bond donors (Lipinski definition) is 1. The summed E-state index contributed by atoms with van der Waals surface area (Å²) < 4.78 is 4.97. The molecule has 2 aromatic carbocycles. The number of carbonyl (C=O) groups is 1. The van der Waals surface area contributed by atoms with E-state index >= 15 is 0 Å². The maximum Gasteiger partial charge on any atom is 0.355 e. The predicted octanol–water partition coefficient (Wildman–Crippen LogP) is 6.00. The Balaban J connectivity index is 2.32. The van der Waals surface area contributed by atoms with Crippen molar-refractivity contribution in [3.8, 4) is 22.4 Å². The van der Waals surface area contributed by atoms with Crippen molar-refractivity contribution in [3.05, 3.63) is 69.8 Å². The Kier molecular flexibility index (Phi) is 5.16. The molecule has 1 N–H and O–H groups in total. The molecule has 0 radical (unpaired) electrons. The van der Waals surface area contributed by atoms with Gasteiger partial charge in [0.1, 0.15) is 5.69 Å². The van der Waals surface area contributed by atoms with Crippen LogP contribution in [0, 0.1) is 0 Å². The third-order valence-corrected chi connectivity index (χ3v) is 4.50. The van der Waals surface area contributed by atoms with E-state index in [-0.39, 0.29) is 0 Å². The monoisotopic (exact) mass is 373 g/mol. The molecule has 3 aromatic rings. The van der Waals surface area contributed by atoms with E-state index in [1.807, 2.05) is 37.3 Å². The Bertz CT molecular complexity index is 897. The summed E-state index contributed by atoms with van der Waals surface area (Å²) >= 11 is 12.3. The Labute approximate surface area is 156 Å². The Morgan fingerprint density at radius 2 is 1.68 bits per heavy atom. The minimum absolute atomic E-state index is 0.400. The molecule has 3 nitrogen and oxygen atoms in total. The molecule has 0 bridgehead atoms. The Morgan fingerprint density at radius 3 is 2.24 bits per heavy atom. The highest BCUT2D eigenvalue weighted by atomic mass is 35.5. The number of ether oxygens (including phenoxy) is 1. The second-order valence-corrected chi connectivity index (χ2v) is 6.47. The highest BCUT2D eigenvalue weighted by Crippen LogP contribution is 2.38. The zero-order chi connectivity index (χ0) is 18.0. The van der Waals surface area contributed by atoms with E-state index in [2.05, 4.69) is 4.98 Å². The Hall–Kier alpha value is -2.23. The lowest BCUT2D eigenvalue weighted by Gasteiger charge is -2.08. The molecule has 0 aliphatic carbocycles. The van der Waals surface area contributed by atoms with Crippen LogP contribution in [-0.2, 0) is 11.2 Å². The maximum atomic E-state index is 12.4. The van der Waals surface area contributed by atoms with Gasteiger partial charge in [0.15, 0.2) is 0 Å². The van der Waals surface area contributed by atoms with Crippen molar-refractivity contribution in [2.75, 3.05) is 7.11 Å². The minimum Gasteiger partial charge on any atom is -0.464 e. The molecule has 128 valence electrons. The molecule has 0 unspecified atom stereocenters. The highest BCUT2D eigenvalue weighted by Gasteiger charge is 2.24. The first kappa shape index (κ1) is 17.6. The molecule has 0 aliphatic heterocycles. The van der Waals surface area contributed by atoms with Gasteiger partial charge in [-0.05, 0) is 41.3 Å². The summed E-state index contributed by atoms with van der Waals surface area (Å²) in [5, 5.41) is 1.03. The van der Waals surface area contributed by atoms with Crippen molar-refractivity contribution in [1.82, 2.24) is 4.98 Å². The van der Waals surface area contributed by atoms with Crippen LogP contribution in [-0.4, -0.2) is 18.1 Å². The topological polar surface area (TPSA) is 42.1 Å². The van der Waals surface area contributed by atoms with Gasteiger partial charge in [0.2, 0.25) is 0 Å². The number of aromatic nitrogens is 1. The van der Waals surface area contributed by atoms with Gasteiger partial charge in [0.25, 0.3) is 0 Å². The third-order valence-electron chi connectivity index (χ3n) is 4.06. The lowest BCUT2D eigenvalue weighted by atomic mass is 9.96. The maximum absolute atomic E-state index is 12.4. The fraction of sp³-hybridized carbons (Fsp3) is 0.150. The van der Waals surface area contributed by atoms with E-state index < -0.39 is 5.97 Å². The number of carbonyl (C=O) groups excluding carboxylic acids is 1. The van der Waals surface area contributed by atoms with E-state index in [4.69, 9.17) is 27.9 Å². The summed E-state index contributed by atoms with van der Waals surface area (Å²) in [7, 11) is 1.37. The van der Waals surface area contributed by atoms with Crippen LogP contribution < -0.4 is 0 Å². The van der Waals surface area contributed by atoms with Gasteiger partial charge in [-0.25, -0.2) is 4.79 Å². The van der Waals surface area contributed by atoms with Gasteiger partial charge in [0.05, 0.1) is 7.11 Å². The van der Waals surface area contributed by atoms with Gasteiger partial charge in [0, 0.05) is 21.3 Å². The first-order valence-electron chi connectivity index (χ1n) is 7.90. The van der Waals surface area contributed by atoms with E-state index in [0.717, 1.165) is 34.4 Å². The zero-order valence-corrected chi connectivity index (χ0v) is 15.4. The van der Waals surface area contributed by atoms with Crippen LogP contribution in [0.4, 0.5) is 0 Å². The number of nitrogens with one attached hydrogen (secondary N) is 1. The first-order valence-corrected chi connectivity index (χ1v) is 8.65. The summed E-state index contributed by atoms with van der Waals surface area (Å²) in [6.07, 6.45) is 0.733. The molecule has 0 amide bonds. The number of halogens is 2. The van der Waals surface area contributed by atoms with Crippen molar-refractivity contribution in [3.63, 3.8) is 0 Å². The zero-order valence-electron chi connectivity index (χ0n) is 13.9. The SMILES string of the molecule is CCc1c(-c2ccccc2)[nH]c(C(=O)OC)c1-c1cc(Cl)cc(Cl)c1. The van der Waals surface area contributed by atoms with Gasteiger partial charge < -0.3 is 9.72 Å². The van der Waals surface area contributed by atoms with Gasteiger partial charge >= 0.3 is 5.97 Å². The Morgan fingerprint density at radius 1 is 1.04 bits per heavy atom. The van der Waals surface area contributed by atoms with E-state index in [9.17, 15) is 4.79 Å². The number of benzene rings is 2. The molecule has 3 rings (SSSR count). The van der Waals surface area contributed by atoms with Crippen LogP contribution in [0.25, 0.3) is 22.4 Å². The van der Waals surface area contributed by atoms with Crippen LogP contribution in [0.15, 0.2) is 48.5 Å². The van der Waals surface area contributed by atoms with Crippen molar-refractivity contribution < 1.29 is 9.53 Å². The summed E-state index contributed by atoms with van der Waals surface area (Å²) in [6, 6.07) is 15.2. The predicted molar refractivity (Wildman–Crippen MR) is 102 cm³/mol. The number of aromatic amines is 1. The molecular formula is C20H17Cl2NO2. The second kappa shape index (κ2) is 7.34. The lowest BCUT2D eigenvalue weighted by Crippen LogP contribution is -2.03. The number of esters is 1. The second-order valence-electron chi connectivity index (χ2n) is 5.60.